The second-order valence-corrected chi connectivity index (χ2v) is 3.47. The van der Waals surface area contributed by atoms with E-state index in [1.165, 1.54) is 0 Å². The number of ether oxygens (including phenoxy) is 1. The minimum Gasteiger partial charge on any atom is -0.490 e. The summed E-state index contributed by atoms with van der Waals surface area (Å²) in [6, 6.07) is 3.72. The summed E-state index contributed by atoms with van der Waals surface area (Å²) in [6.07, 6.45) is 3.38. The number of aryl methyl sites for hydroxylation is 1. The molecule has 2 aromatic heterocycles. The van der Waals surface area contributed by atoms with Gasteiger partial charge in [-0.1, -0.05) is 0 Å². The number of nitrogens with one attached hydrogen (secondary N) is 1. The van der Waals surface area contributed by atoms with Crippen molar-refractivity contribution in [1.29, 1.82) is 0 Å². The summed E-state index contributed by atoms with van der Waals surface area (Å²) in [7, 11) is 1.84. The van der Waals surface area contributed by atoms with Gasteiger partial charge in [0.1, 0.15) is 6.33 Å². The Labute approximate surface area is 99.7 Å². The maximum Gasteiger partial charge on any atom is 0.169 e. The standard InChI is InChI=1S/C11H15N5O/c1-3-17-9-5-4-6-12-11(9)13-7-10-14-8-16(2)15-10/h4-6,8H,3,7H2,1-2H3,(H,12,13). The lowest BCUT2D eigenvalue weighted by molar-refractivity contribution is 0.340. The van der Waals surface area contributed by atoms with Crippen LogP contribution in [0.5, 0.6) is 5.75 Å². The van der Waals surface area contributed by atoms with Crippen LogP contribution in [0, 0.1) is 0 Å². The molecule has 0 bridgehead atoms. The summed E-state index contributed by atoms with van der Waals surface area (Å²) >= 11 is 0. The van der Waals surface area contributed by atoms with Gasteiger partial charge in [-0.2, -0.15) is 5.10 Å². The number of rotatable bonds is 5. The Bertz CT molecular complexity index is 482. The number of anilines is 1. The van der Waals surface area contributed by atoms with E-state index in [4.69, 9.17) is 4.74 Å². The molecule has 0 radical (unpaired) electrons. The summed E-state index contributed by atoms with van der Waals surface area (Å²) in [5.74, 6) is 2.17. The lowest BCUT2D eigenvalue weighted by Gasteiger charge is -2.09. The van der Waals surface area contributed by atoms with Crippen molar-refractivity contribution in [3.63, 3.8) is 0 Å². The van der Waals surface area contributed by atoms with Crippen LogP contribution in [-0.4, -0.2) is 26.4 Å². The zero-order valence-electron chi connectivity index (χ0n) is 9.92. The highest BCUT2D eigenvalue weighted by atomic mass is 16.5. The monoisotopic (exact) mass is 233 g/mol. The van der Waals surface area contributed by atoms with Crippen LogP contribution in [-0.2, 0) is 13.6 Å². The Morgan fingerprint density at radius 2 is 2.29 bits per heavy atom. The maximum absolute atomic E-state index is 5.46. The molecule has 0 aliphatic heterocycles. The third-order valence-electron chi connectivity index (χ3n) is 2.13. The Hall–Kier alpha value is -2.11. The Morgan fingerprint density at radius 3 is 3.00 bits per heavy atom. The largest absolute Gasteiger partial charge is 0.490 e. The lowest BCUT2D eigenvalue weighted by atomic mass is 10.4. The quantitative estimate of drug-likeness (QED) is 0.841. The normalized spacial score (nSPS) is 10.2. The molecular formula is C11H15N5O. The first-order valence-electron chi connectivity index (χ1n) is 5.45. The molecule has 0 saturated heterocycles. The summed E-state index contributed by atoms with van der Waals surface area (Å²) in [5.41, 5.74) is 0. The molecule has 0 amide bonds. The number of aromatic nitrogens is 4. The summed E-state index contributed by atoms with van der Waals surface area (Å²) in [6.45, 7) is 3.08. The van der Waals surface area contributed by atoms with Gasteiger partial charge in [0.25, 0.3) is 0 Å². The molecule has 0 atom stereocenters. The molecule has 2 heterocycles. The van der Waals surface area contributed by atoms with E-state index >= 15 is 0 Å². The van der Waals surface area contributed by atoms with Gasteiger partial charge in [0.05, 0.1) is 13.2 Å². The minimum absolute atomic E-state index is 0.526. The van der Waals surface area contributed by atoms with E-state index in [-0.39, 0.29) is 0 Å². The van der Waals surface area contributed by atoms with Gasteiger partial charge in [-0.05, 0) is 19.1 Å². The van der Waals surface area contributed by atoms with Gasteiger partial charge >= 0.3 is 0 Å². The summed E-state index contributed by atoms with van der Waals surface area (Å²) in [5, 5.41) is 7.33. The van der Waals surface area contributed by atoms with Crippen LogP contribution in [0.15, 0.2) is 24.7 Å². The van der Waals surface area contributed by atoms with Crippen LogP contribution >= 0.6 is 0 Å². The minimum atomic E-state index is 0.526. The number of pyridine rings is 1. The Balaban J connectivity index is 2.03. The Kier molecular flexibility index (Phi) is 3.54. The smallest absolute Gasteiger partial charge is 0.169 e. The summed E-state index contributed by atoms with van der Waals surface area (Å²) < 4.78 is 7.13. The van der Waals surface area contributed by atoms with Gasteiger partial charge in [0, 0.05) is 13.2 Å². The molecule has 0 aliphatic carbocycles. The van der Waals surface area contributed by atoms with E-state index in [2.05, 4.69) is 20.4 Å². The number of hydrogen-bond acceptors (Lipinski definition) is 5. The van der Waals surface area contributed by atoms with Crippen molar-refractivity contribution in [2.75, 3.05) is 11.9 Å². The maximum atomic E-state index is 5.46. The number of nitrogens with zero attached hydrogens (tertiary/aromatic N) is 4. The second-order valence-electron chi connectivity index (χ2n) is 3.47. The van der Waals surface area contributed by atoms with Crippen LogP contribution < -0.4 is 10.1 Å². The molecular weight excluding hydrogens is 218 g/mol. The first kappa shape index (κ1) is 11.4. The van der Waals surface area contributed by atoms with Crippen LogP contribution in [0.25, 0.3) is 0 Å². The first-order valence-corrected chi connectivity index (χ1v) is 5.45. The molecule has 2 aromatic rings. The molecule has 1 N–H and O–H groups in total. The SMILES string of the molecule is CCOc1cccnc1NCc1ncn(C)n1. The molecule has 0 saturated carbocycles. The van der Waals surface area contributed by atoms with Gasteiger partial charge in [0.2, 0.25) is 0 Å². The van der Waals surface area contributed by atoms with Crippen molar-refractivity contribution in [3.05, 3.63) is 30.5 Å². The third kappa shape index (κ3) is 2.93. The van der Waals surface area contributed by atoms with E-state index in [1.54, 1.807) is 17.2 Å². The van der Waals surface area contributed by atoms with Crippen LogP contribution in [0.3, 0.4) is 0 Å². The molecule has 0 fully saturated rings. The molecule has 17 heavy (non-hydrogen) atoms. The van der Waals surface area contributed by atoms with Crippen LogP contribution in [0.4, 0.5) is 5.82 Å². The third-order valence-corrected chi connectivity index (χ3v) is 2.13. The molecule has 2 rings (SSSR count). The van der Waals surface area contributed by atoms with Crippen molar-refractivity contribution < 1.29 is 4.74 Å². The van der Waals surface area contributed by atoms with Gasteiger partial charge < -0.3 is 10.1 Å². The zero-order valence-corrected chi connectivity index (χ0v) is 9.92. The van der Waals surface area contributed by atoms with E-state index in [9.17, 15) is 0 Å². The van der Waals surface area contributed by atoms with E-state index in [1.807, 2.05) is 26.1 Å². The van der Waals surface area contributed by atoms with Gasteiger partial charge in [-0.3, -0.25) is 4.68 Å². The summed E-state index contributed by atoms with van der Waals surface area (Å²) in [4.78, 5) is 8.35. The molecule has 0 aliphatic rings. The molecule has 0 unspecified atom stereocenters. The molecule has 0 aromatic carbocycles. The average Bonchev–Trinajstić information content (AvgIpc) is 2.74. The predicted molar refractivity (Wildman–Crippen MR) is 63.7 cm³/mol. The van der Waals surface area contributed by atoms with Crippen molar-refractivity contribution in [1.82, 2.24) is 19.7 Å². The number of hydrogen-bond donors (Lipinski definition) is 1. The van der Waals surface area contributed by atoms with Crippen molar-refractivity contribution in [2.24, 2.45) is 7.05 Å². The Morgan fingerprint density at radius 1 is 1.41 bits per heavy atom. The molecule has 0 spiro atoms. The molecule has 6 heteroatoms. The van der Waals surface area contributed by atoms with Crippen molar-refractivity contribution in [2.45, 2.75) is 13.5 Å². The predicted octanol–water partition coefficient (Wildman–Crippen LogP) is 1.22. The zero-order chi connectivity index (χ0) is 12.1. The highest BCUT2D eigenvalue weighted by Gasteiger charge is 2.05. The fourth-order valence-electron chi connectivity index (χ4n) is 1.42. The van der Waals surface area contributed by atoms with E-state index in [0.717, 1.165) is 11.6 Å². The fraction of sp³-hybridized carbons (Fsp3) is 0.364. The van der Waals surface area contributed by atoms with Gasteiger partial charge in [-0.25, -0.2) is 9.97 Å². The van der Waals surface area contributed by atoms with Crippen molar-refractivity contribution >= 4 is 5.82 Å². The van der Waals surface area contributed by atoms with E-state index < -0.39 is 0 Å². The first-order chi connectivity index (χ1) is 8.29. The van der Waals surface area contributed by atoms with Gasteiger partial charge in [0.15, 0.2) is 17.4 Å². The van der Waals surface area contributed by atoms with Gasteiger partial charge in [-0.15, -0.1) is 0 Å². The highest BCUT2D eigenvalue weighted by molar-refractivity contribution is 5.49. The fourth-order valence-corrected chi connectivity index (χ4v) is 1.42. The lowest BCUT2D eigenvalue weighted by Crippen LogP contribution is -2.06. The average molecular weight is 233 g/mol. The van der Waals surface area contributed by atoms with Crippen LogP contribution in [0.2, 0.25) is 0 Å². The topological polar surface area (TPSA) is 64.9 Å². The van der Waals surface area contributed by atoms with Crippen molar-refractivity contribution in [3.8, 4) is 5.75 Å². The van der Waals surface area contributed by atoms with Crippen LogP contribution in [0.1, 0.15) is 12.7 Å². The molecule has 6 nitrogen and oxygen atoms in total. The second kappa shape index (κ2) is 5.29. The highest BCUT2D eigenvalue weighted by Crippen LogP contribution is 2.20. The molecule has 90 valence electrons. The van der Waals surface area contributed by atoms with E-state index in [0.29, 0.717) is 19.0 Å².